The molecule has 0 aliphatic carbocycles. The molecule has 0 heterocycles. The summed E-state index contributed by atoms with van der Waals surface area (Å²) in [6, 6.07) is 0. The van der Waals surface area contributed by atoms with Crippen LogP contribution in [0.4, 0.5) is 26.3 Å². The van der Waals surface area contributed by atoms with E-state index in [4.69, 9.17) is 0 Å². The molecule has 15 heavy (non-hydrogen) atoms. The van der Waals surface area contributed by atoms with Crippen molar-refractivity contribution in [3.05, 3.63) is 0 Å². The predicted molar refractivity (Wildman–Crippen MR) is 40.1 cm³/mol. The number of Topliss-reactive ketones (excluding diaryl/α,β-unsaturated/α-hetero) is 1. The van der Waals surface area contributed by atoms with Gasteiger partial charge in [0, 0.05) is 6.42 Å². The zero-order valence-electron chi connectivity index (χ0n) is 8.04. The average Bonchev–Trinajstić information content (AvgIpc) is 1.74. The molecule has 7 heteroatoms. The Labute approximate surface area is 82.4 Å². The van der Waals surface area contributed by atoms with Crippen LogP contribution in [0.2, 0.25) is 0 Å². The molecule has 0 amide bonds. The van der Waals surface area contributed by atoms with Crippen molar-refractivity contribution < 1.29 is 31.1 Å². The summed E-state index contributed by atoms with van der Waals surface area (Å²) < 4.78 is 71.9. The lowest BCUT2D eigenvalue weighted by atomic mass is 9.95. The largest absolute Gasteiger partial charge is 0.407 e. The maximum Gasteiger partial charge on any atom is 0.407 e. The van der Waals surface area contributed by atoms with Crippen molar-refractivity contribution in [1.82, 2.24) is 0 Å². The average molecular weight is 236 g/mol. The smallest absolute Gasteiger partial charge is 0.299 e. The molecule has 0 saturated heterocycles. The van der Waals surface area contributed by atoms with Gasteiger partial charge in [0.1, 0.15) is 0 Å². The third kappa shape index (κ3) is 4.53. The Bertz CT molecular complexity index is 212. The molecule has 0 saturated carbocycles. The fourth-order valence-electron chi connectivity index (χ4n) is 1.07. The van der Waals surface area contributed by atoms with E-state index < -0.39 is 36.4 Å². The number of carbonyl (C=O) groups excluding carboxylic acids is 1. The quantitative estimate of drug-likeness (QED) is 0.687. The van der Waals surface area contributed by atoms with Crippen LogP contribution in [0.1, 0.15) is 20.3 Å². The summed E-state index contributed by atoms with van der Waals surface area (Å²) in [6.07, 6.45) is -11.9. The van der Waals surface area contributed by atoms with Crippen LogP contribution in [0.15, 0.2) is 0 Å². The maximum atomic E-state index is 12.0. The van der Waals surface area contributed by atoms with Gasteiger partial charge in [-0.15, -0.1) is 0 Å². The van der Waals surface area contributed by atoms with Crippen molar-refractivity contribution in [1.29, 1.82) is 0 Å². The van der Waals surface area contributed by atoms with E-state index in [-0.39, 0.29) is 0 Å². The third-order valence-electron chi connectivity index (χ3n) is 1.59. The second-order valence-electron chi connectivity index (χ2n) is 3.58. The Hall–Kier alpha value is -0.750. The highest BCUT2D eigenvalue weighted by Gasteiger charge is 2.60. The first-order valence-electron chi connectivity index (χ1n) is 4.12. The monoisotopic (exact) mass is 236 g/mol. The molecule has 1 nitrogen and oxygen atoms in total. The number of alkyl halides is 6. The van der Waals surface area contributed by atoms with Gasteiger partial charge in [0.25, 0.3) is 0 Å². The highest BCUT2D eigenvalue weighted by atomic mass is 19.4. The molecule has 0 aliphatic rings. The molecule has 0 unspecified atom stereocenters. The van der Waals surface area contributed by atoms with Crippen molar-refractivity contribution in [2.45, 2.75) is 32.6 Å². The van der Waals surface area contributed by atoms with Crippen LogP contribution in [-0.2, 0) is 4.79 Å². The van der Waals surface area contributed by atoms with Crippen molar-refractivity contribution in [2.75, 3.05) is 0 Å². The first kappa shape index (κ1) is 14.2. The van der Waals surface area contributed by atoms with Crippen molar-refractivity contribution in [3.63, 3.8) is 0 Å². The minimum atomic E-state index is -5.57. The normalized spacial score (nSPS) is 13.7. The number of carbonyl (C=O) groups is 1. The molecule has 0 N–H and O–H groups in total. The number of hydrogen-bond acceptors (Lipinski definition) is 1. The molecule has 0 spiro atoms. The minimum absolute atomic E-state index is 0.537. The predicted octanol–water partition coefficient (Wildman–Crippen LogP) is 3.34. The summed E-state index contributed by atoms with van der Waals surface area (Å²) in [6.45, 7) is 2.75. The summed E-state index contributed by atoms with van der Waals surface area (Å²) in [5, 5.41) is 0. The van der Waals surface area contributed by atoms with Gasteiger partial charge >= 0.3 is 12.4 Å². The lowest BCUT2D eigenvalue weighted by Crippen LogP contribution is -2.42. The van der Waals surface area contributed by atoms with Crippen molar-refractivity contribution >= 4 is 5.78 Å². The van der Waals surface area contributed by atoms with Crippen LogP contribution >= 0.6 is 0 Å². The molecule has 0 rings (SSSR count). The summed E-state index contributed by atoms with van der Waals surface area (Å²) in [7, 11) is 0. The molecule has 0 atom stereocenters. The van der Waals surface area contributed by atoms with E-state index in [2.05, 4.69) is 0 Å². The van der Waals surface area contributed by atoms with Crippen LogP contribution in [-0.4, -0.2) is 18.1 Å². The van der Waals surface area contributed by atoms with Gasteiger partial charge in [-0.25, -0.2) is 0 Å². The lowest BCUT2D eigenvalue weighted by Gasteiger charge is -2.22. The first-order valence-corrected chi connectivity index (χ1v) is 4.12. The minimum Gasteiger partial charge on any atom is -0.299 e. The van der Waals surface area contributed by atoms with Gasteiger partial charge in [0.15, 0.2) is 5.78 Å². The van der Waals surface area contributed by atoms with Crippen molar-refractivity contribution in [2.24, 2.45) is 11.8 Å². The van der Waals surface area contributed by atoms with Crippen LogP contribution in [0.5, 0.6) is 0 Å². The lowest BCUT2D eigenvalue weighted by molar-refractivity contribution is -0.273. The van der Waals surface area contributed by atoms with Crippen LogP contribution in [0.3, 0.4) is 0 Å². The van der Waals surface area contributed by atoms with Gasteiger partial charge in [-0.05, 0) is 5.92 Å². The third-order valence-corrected chi connectivity index (χ3v) is 1.59. The summed E-state index contributed by atoms with van der Waals surface area (Å²) >= 11 is 0. The second-order valence-corrected chi connectivity index (χ2v) is 3.58. The van der Waals surface area contributed by atoms with Gasteiger partial charge < -0.3 is 0 Å². The Morgan fingerprint density at radius 3 is 1.53 bits per heavy atom. The van der Waals surface area contributed by atoms with Crippen molar-refractivity contribution in [3.8, 4) is 0 Å². The Morgan fingerprint density at radius 2 is 1.33 bits per heavy atom. The molecule has 0 aromatic rings. The summed E-state index contributed by atoms with van der Waals surface area (Å²) in [4.78, 5) is 10.8. The molecule has 0 radical (unpaired) electrons. The molecule has 0 aromatic carbocycles. The fraction of sp³-hybridized carbons (Fsp3) is 0.875. The zero-order chi connectivity index (χ0) is 12.4. The number of halogens is 6. The molecule has 0 bridgehead atoms. The standard InChI is InChI=1S/C8H10F6O/c1-4(2)3-5(15)6(7(9,10)11)8(12,13)14/h4,6H,3H2,1-2H3. The highest BCUT2D eigenvalue weighted by Crippen LogP contribution is 2.40. The van der Waals surface area contributed by atoms with E-state index in [1.54, 1.807) is 0 Å². The summed E-state index contributed by atoms with van der Waals surface area (Å²) in [5.74, 6) is -6.22. The molecule has 90 valence electrons. The maximum absolute atomic E-state index is 12.0. The van der Waals surface area contributed by atoms with E-state index in [9.17, 15) is 31.1 Å². The zero-order valence-corrected chi connectivity index (χ0v) is 8.04. The number of hydrogen-bond donors (Lipinski definition) is 0. The number of rotatable bonds is 3. The topological polar surface area (TPSA) is 17.1 Å². The Kier molecular flexibility index (Phi) is 4.18. The molecule has 0 fully saturated rings. The van der Waals surface area contributed by atoms with Gasteiger partial charge in [-0.3, -0.25) is 4.79 Å². The first-order chi connectivity index (χ1) is 6.46. The molecule has 0 aromatic heterocycles. The van der Waals surface area contributed by atoms with Crippen LogP contribution in [0, 0.1) is 11.8 Å². The fourth-order valence-corrected chi connectivity index (χ4v) is 1.07. The number of ketones is 1. The van der Waals surface area contributed by atoms with Gasteiger partial charge in [-0.1, -0.05) is 13.8 Å². The van der Waals surface area contributed by atoms with Gasteiger partial charge in [0.05, 0.1) is 0 Å². The molecule has 0 aliphatic heterocycles. The van der Waals surface area contributed by atoms with E-state index in [1.807, 2.05) is 0 Å². The Balaban J connectivity index is 4.90. The molecular weight excluding hydrogens is 226 g/mol. The molecular formula is C8H10F6O. The Morgan fingerprint density at radius 1 is 1.00 bits per heavy atom. The van der Waals surface area contributed by atoms with Gasteiger partial charge in [-0.2, -0.15) is 26.3 Å². The van der Waals surface area contributed by atoms with Crippen LogP contribution in [0.25, 0.3) is 0 Å². The van der Waals surface area contributed by atoms with E-state index >= 15 is 0 Å². The van der Waals surface area contributed by atoms with E-state index in [1.165, 1.54) is 13.8 Å². The second kappa shape index (κ2) is 4.40. The highest BCUT2D eigenvalue weighted by molar-refractivity contribution is 5.82. The van der Waals surface area contributed by atoms with E-state index in [0.29, 0.717) is 0 Å². The van der Waals surface area contributed by atoms with Gasteiger partial charge in [0.2, 0.25) is 5.92 Å². The van der Waals surface area contributed by atoms with Crippen LogP contribution < -0.4 is 0 Å². The SMILES string of the molecule is CC(C)CC(=O)C(C(F)(F)F)C(F)(F)F. The summed E-state index contributed by atoms with van der Waals surface area (Å²) in [5.41, 5.74) is 0. The van der Waals surface area contributed by atoms with E-state index in [0.717, 1.165) is 0 Å².